The molecule has 0 atom stereocenters. The molecule has 0 radical (unpaired) electrons. The number of nitrogens with one attached hydrogen (secondary N) is 3. The van der Waals surface area contributed by atoms with Gasteiger partial charge in [-0.25, -0.2) is 4.98 Å². The molecule has 5 nitrogen and oxygen atoms in total. The number of para-hydroxylation sites is 2. The molecule has 0 aliphatic heterocycles. The number of rotatable bonds is 6. The van der Waals surface area contributed by atoms with E-state index in [1.54, 1.807) is 0 Å². The Bertz CT molecular complexity index is 1040. The van der Waals surface area contributed by atoms with Crippen molar-refractivity contribution >= 4 is 51.3 Å². The Balaban J connectivity index is 1.51. The quantitative estimate of drug-likeness (QED) is 0.399. The fourth-order valence-electron chi connectivity index (χ4n) is 2.79. The van der Waals surface area contributed by atoms with Gasteiger partial charge in [-0.05, 0) is 49.3 Å². The van der Waals surface area contributed by atoms with Crippen LogP contribution in [0.4, 0.5) is 11.5 Å². The van der Waals surface area contributed by atoms with Gasteiger partial charge in [-0.1, -0.05) is 41.9 Å². The second kappa shape index (κ2) is 9.36. The first kappa shape index (κ1) is 19.9. The van der Waals surface area contributed by atoms with E-state index >= 15 is 0 Å². The molecule has 1 heterocycles. The summed E-state index contributed by atoms with van der Waals surface area (Å²) in [4.78, 5) is 4.64. The van der Waals surface area contributed by atoms with Crippen LogP contribution in [0, 0.1) is 18.3 Å². The molecule has 142 valence electrons. The van der Waals surface area contributed by atoms with Crippen LogP contribution in [0.1, 0.15) is 17.5 Å². The molecule has 0 aliphatic rings. The second-order valence-corrected chi connectivity index (χ2v) is 7.10. The Labute approximate surface area is 174 Å². The minimum atomic E-state index is 0.519. The normalized spacial score (nSPS) is 10.3. The Morgan fingerprint density at radius 1 is 1.18 bits per heavy atom. The number of benzene rings is 2. The molecule has 1 aromatic heterocycles. The molecule has 3 rings (SSSR count). The molecular formula is C21H20ClN5S. The van der Waals surface area contributed by atoms with Crippen LogP contribution < -0.4 is 16.0 Å². The van der Waals surface area contributed by atoms with E-state index in [0.29, 0.717) is 34.6 Å². The molecule has 0 aliphatic carbocycles. The fourth-order valence-corrected chi connectivity index (χ4v) is 3.19. The number of fused-ring (bicyclic) bond motifs is 1. The summed E-state index contributed by atoms with van der Waals surface area (Å²) in [6.45, 7) is 3.36. The minimum Gasteiger partial charge on any atom is -0.369 e. The highest BCUT2D eigenvalue weighted by Crippen LogP contribution is 2.22. The van der Waals surface area contributed by atoms with Crippen molar-refractivity contribution in [2.24, 2.45) is 0 Å². The number of anilines is 2. The molecular weight excluding hydrogens is 390 g/mol. The summed E-state index contributed by atoms with van der Waals surface area (Å²) in [5, 5.41) is 21.0. The number of nitrogens with zero attached hydrogens (tertiary/aromatic N) is 2. The number of hydrogen-bond donors (Lipinski definition) is 3. The van der Waals surface area contributed by atoms with E-state index in [2.05, 4.69) is 27.0 Å². The lowest BCUT2D eigenvalue weighted by Crippen LogP contribution is -2.30. The smallest absolute Gasteiger partial charge is 0.170 e. The SMILES string of the molecule is Cc1cccc2cc(C#N)c(NCCCNC(=S)Nc3ccccc3Cl)nc12. The zero-order valence-corrected chi connectivity index (χ0v) is 17.0. The van der Waals surface area contributed by atoms with Crippen molar-refractivity contribution in [1.29, 1.82) is 5.26 Å². The zero-order valence-electron chi connectivity index (χ0n) is 15.4. The molecule has 0 saturated carbocycles. The topological polar surface area (TPSA) is 72.8 Å². The van der Waals surface area contributed by atoms with E-state index in [9.17, 15) is 5.26 Å². The number of nitriles is 1. The van der Waals surface area contributed by atoms with Crippen LogP contribution in [0.25, 0.3) is 10.9 Å². The van der Waals surface area contributed by atoms with Gasteiger partial charge in [0.15, 0.2) is 5.11 Å². The maximum Gasteiger partial charge on any atom is 0.170 e. The highest BCUT2D eigenvalue weighted by atomic mass is 35.5. The predicted molar refractivity (Wildman–Crippen MR) is 120 cm³/mol. The lowest BCUT2D eigenvalue weighted by Gasteiger charge is -2.13. The van der Waals surface area contributed by atoms with Gasteiger partial charge in [-0.3, -0.25) is 0 Å². The van der Waals surface area contributed by atoms with E-state index in [1.807, 2.05) is 55.5 Å². The van der Waals surface area contributed by atoms with Crippen LogP contribution in [0.2, 0.25) is 5.02 Å². The summed E-state index contributed by atoms with van der Waals surface area (Å²) in [6.07, 6.45) is 0.808. The Hall–Kier alpha value is -2.88. The van der Waals surface area contributed by atoms with Crippen molar-refractivity contribution in [3.8, 4) is 6.07 Å². The molecule has 0 saturated heterocycles. The molecule has 7 heteroatoms. The number of aromatic nitrogens is 1. The number of aryl methyl sites for hydroxylation is 1. The first-order valence-corrected chi connectivity index (χ1v) is 9.71. The van der Waals surface area contributed by atoms with Crippen LogP contribution >= 0.6 is 23.8 Å². The van der Waals surface area contributed by atoms with Gasteiger partial charge in [0, 0.05) is 18.5 Å². The summed E-state index contributed by atoms with van der Waals surface area (Å²) < 4.78 is 0. The maximum atomic E-state index is 9.41. The molecule has 3 aromatic rings. The van der Waals surface area contributed by atoms with Gasteiger partial charge in [0.25, 0.3) is 0 Å². The van der Waals surface area contributed by atoms with E-state index in [-0.39, 0.29) is 0 Å². The standard InChI is InChI=1S/C21H20ClN5S/c1-14-6-4-7-15-12-16(13-23)20(27-19(14)15)24-10-5-11-25-21(28)26-18-9-3-2-8-17(18)22/h2-4,6-9,12H,5,10-11H2,1H3,(H,24,27)(H2,25,26,28). The zero-order chi connectivity index (χ0) is 19.9. The largest absolute Gasteiger partial charge is 0.369 e. The predicted octanol–water partition coefficient (Wildman–Crippen LogP) is 4.86. The fraction of sp³-hybridized carbons (Fsp3) is 0.190. The van der Waals surface area contributed by atoms with Crippen LogP contribution in [-0.4, -0.2) is 23.2 Å². The summed E-state index contributed by atoms with van der Waals surface area (Å²) in [6, 6.07) is 17.5. The van der Waals surface area contributed by atoms with Gasteiger partial charge in [0.2, 0.25) is 0 Å². The van der Waals surface area contributed by atoms with Gasteiger partial charge in [0.1, 0.15) is 11.9 Å². The second-order valence-electron chi connectivity index (χ2n) is 6.28. The molecule has 3 N–H and O–H groups in total. The van der Waals surface area contributed by atoms with Crippen LogP contribution in [0.15, 0.2) is 48.5 Å². The van der Waals surface area contributed by atoms with E-state index in [4.69, 9.17) is 23.8 Å². The average Bonchev–Trinajstić information content (AvgIpc) is 2.69. The van der Waals surface area contributed by atoms with E-state index in [1.165, 1.54) is 0 Å². The van der Waals surface area contributed by atoms with Crippen molar-refractivity contribution in [2.45, 2.75) is 13.3 Å². The van der Waals surface area contributed by atoms with Gasteiger partial charge in [0.05, 0.1) is 21.8 Å². The monoisotopic (exact) mass is 409 g/mol. The molecule has 0 spiro atoms. The van der Waals surface area contributed by atoms with Gasteiger partial charge >= 0.3 is 0 Å². The first-order valence-electron chi connectivity index (χ1n) is 8.92. The van der Waals surface area contributed by atoms with Crippen LogP contribution in [0.5, 0.6) is 0 Å². The Kier molecular flexibility index (Phi) is 6.64. The minimum absolute atomic E-state index is 0.519. The first-order chi connectivity index (χ1) is 13.6. The van der Waals surface area contributed by atoms with Gasteiger partial charge < -0.3 is 16.0 Å². The van der Waals surface area contributed by atoms with Crippen LogP contribution in [-0.2, 0) is 0 Å². The van der Waals surface area contributed by atoms with Crippen LogP contribution in [0.3, 0.4) is 0 Å². The third kappa shape index (κ3) is 4.89. The highest BCUT2D eigenvalue weighted by Gasteiger charge is 2.08. The number of halogens is 1. The van der Waals surface area contributed by atoms with Gasteiger partial charge in [-0.2, -0.15) is 5.26 Å². The van der Waals surface area contributed by atoms with E-state index < -0.39 is 0 Å². The molecule has 2 aromatic carbocycles. The summed E-state index contributed by atoms with van der Waals surface area (Å²) >= 11 is 11.4. The number of hydrogen-bond acceptors (Lipinski definition) is 4. The molecule has 0 fully saturated rings. The number of pyridine rings is 1. The molecule has 0 bridgehead atoms. The third-order valence-electron chi connectivity index (χ3n) is 4.22. The number of thiocarbonyl (C=S) groups is 1. The third-order valence-corrected chi connectivity index (χ3v) is 4.80. The molecule has 28 heavy (non-hydrogen) atoms. The van der Waals surface area contributed by atoms with Crippen molar-refractivity contribution in [1.82, 2.24) is 10.3 Å². The lowest BCUT2D eigenvalue weighted by atomic mass is 10.1. The average molecular weight is 410 g/mol. The summed E-state index contributed by atoms with van der Waals surface area (Å²) in [5.41, 5.74) is 3.31. The molecule has 0 amide bonds. The lowest BCUT2D eigenvalue weighted by molar-refractivity contribution is 0.807. The van der Waals surface area contributed by atoms with Crippen molar-refractivity contribution in [2.75, 3.05) is 23.7 Å². The highest BCUT2D eigenvalue weighted by molar-refractivity contribution is 7.80. The van der Waals surface area contributed by atoms with Crippen molar-refractivity contribution < 1.29 is 0 Å². The maximum absolute atomic E-state index is 9.41. The van der Waals surface area contributed by atoms with Crippen molar-refractivity contribution in [3.05, 3.63) is 64.7 Å². The summed E-state index contributed by atoms with van der Waals surface area (Å²) in [5.74, 6) is 0.612. The van der Waals surface area contributed by atoms with E-state index in [0.717, 1.165) is 28.6 Å². The Morgan fingerprint density at radius 2 is 2.00 bits per heavy atom. The summed E-state index contributed by atoms with van der Waals surface area (Å²) in [7, 11) is 0. The van der Waals surface area contributed by atoms with Gasteiger partial charge in [-0.15, -0.1) is 0 Å². The Morgan fingerprint density at radius 3 is 2.79 bits per heavy atom. The van der Waals surface area contributed by atoms with Crippen molar-refractivity contribution in [3.63, 3.8) is 0 Å². The molecule has 0 unspecified atom stereocenters.